The summed E-state index contributed by atoms with van der Waals surface area (Å²) < 4.78 is 51.7. The molecular weight excluding hydrogens is 417 g/mol. The Morgan fingerprint density at radius 3 is 1.75 bits per heavy atom. The van der Waals surface area contributed by atoms with E-state index in [9.17, 15) is 13.2 Å². The standard InChI is InChI=1S/C25H19F3N2O2/c26-25(27,28)17-3-1-2-16(14-17)23-15-22(31-20-8-4-18(29)5-9-20)12-13-24(23)32-21-10-6-19(30)7-11-21/h1-15H,29-30H2. The number of ether oxygens (including phenoxy) is 2. The van der Waals surface area contributed by atoms with Gasteiger partial charge in [-0.15, -0.1) is 0 Å². The lowest BCUT2D eigenvalue weighted by atomic mass is 10.0. The van der Waals surface area contributed by atoms with Crippen molar-refractivity contribution in [1.82, 2.24) is 0 Å². The van der Waals surface area contributed by atoms with Crippen LogP contribution < -0.4 is 20.9 Å². The quantitative estimate of drug-likeness (QED) is 0.327. The molecule has 0 radical (unpaired) electrons. The van der Waals surface area contributed by atoms with Gasteiger partial charge in [-0.2, -0.15) is 13.2 Å². The Morgan fingerprint density at radius 2 is 1.16 bits per heavy atom. The number of benzene rings is 4. The largest absolute Gasteiger partial charge is 0.457 e. The number of alkyl halides is 3. The maximum Gasteiger partial charge on any atom is 0.416 e. The van der Waals surface area contributed by atoms with Gasteiger partial charge < -0.3 is 20.9 Å². The molecule has 0 bridgehead atoms. The zero-order chi connectivity index (χ0) is 22.7. The molecule has 0 aromatic heterocycles. The van der Waals surface area contributed by atoms with Gasteiger partial charge in [0.15, 0.2) is 0 Å². The molecule has 162 valence electrons. The predicted octanol–water partition coefficient (Wildman–Crippen LogP) is 7.12. The molecule has 0 spiro atoms. The van der Waals surface area contributed by atoms with Crippen LogP contribution in [0, 0.1) is 0 Å². The third-order valence-corrected chi connectivity index (χ3v) is 4.68. The molecule has 0 atom stereocenters. The Balaban J connectivity index is 1.75. The molecule has 4 aromatic carbocycles. The highest BCUT2D eigenvalue weighted by Crippen LogP contribution is 2.39. The van der Waals surface area contributed by atoms with Gasteiger partial charge >= 0.3 is 6.18 Å². The number of nitrogens with two attached hydrogens (primary N) is 2. The molecule has 0 aliphatic carbocycles. The van der Waals surface area contributed by atoms with Crippen LogP contribution in [0.5, 0.6) is 23.0 Å². The van der Waals surface area contributed by atoms with Gasteiger partial charge in [0.1, 0.15) is 23.0 Å². The molecule has 7 heteroatoms. The molecule has 4 aromatic rings. The van der Waals surface area contributed by atoms with Crippen LogP contribution in [0.1, 0.15) is 5.56 Å². The first kappa shape index (κ1) is 21.1. The van der Waals surface area contributed by atoms with E-state index in [4.69, 9.17) is 20.9 Å². The monoisotopic (exact) mass is 436 g/mol. The fourth-order valence-electron chi connectivity index (χ4n) is 3.09. The molecule has 0 unspecified atom stereocenters. The average molecular weight is 436 g/mol. The van der Waals surface area contributed by atoms with E-state index in [-0.39, 0.29) is 0 Å². The topological polar surface area (TPSA) is 70.5 Å². The third-order valence-electron chi connectivity index (χ3n) is 4.68. The zero-order valence-corrected chi connectivity index (χ0v) is 16.8. The van der Waals surface area contributed by atoms with Crippen LogP contribution in [-0.2, 0) is 6.18 Å². The summed E-state index contributed by atoms with van der Waals surface area (Å²) in [7, 11) is 0. The maximum absolute atomic E-state index is 13.3. The van der Waals surface area contributed by atoms with Crippen LogP contribution in [0.15, 0.2) is 91.0 Å². The van der Waals surface area contributed by atoms with Crippen molar-refractivity contribution in [3.8, 4) is 34.1 Å². The SMILES string of the molecule is Nc1ccc(Oc2ccc(Oc3ccc(N)cc3)c(-c3cccc(C(F)(F)F)c3)c2)cc1. The molecule has 0 amide bonds. The van der Waals surface area contributed by atoms with Gasteiger partial charge in [0.25, 0.3) is 0 Å². The van der Waals surface area contributed by atoms with Gasteiger partial charge in [-0.05, 0) is 84.4 Å². The number of nitrogen functional groups attached to an aromatic ring is 2. The molecular formula is C25H19F3N2O2. The Hall–Kier alpha value is -4.13. The summed E-state index contributed by atoms with van der Waals surface area (Å²) in [5, 5.41) is 0. The Morgan fingerprint density at radius 1 is 0.594 bits per heavy atom. The lowest BCUT2D eigenvalue weighted by molar-refractivity contribution is -0.137. The summed E-state index contributed by atoms with van der Waals surface area (Å²) in [6.07, 6.45) is -4.47. The molecule has 32 heavy (non-hydrogen) atoms. The van der Waals surface area contributed by atoms with E-state index in [1.807, 2.05) is 0 Å². The van der Waals surface area contributed by atoms with Crippen molar-refractivity contribution in [1.29, 1.82) is 0 Å². The van der Waals surface area contributed by atoms with Crippen LogP contribution in [0.25, 0.3) is 11.1 Å². The molecule has 4 nitrogen and oxygen atoms in total. The Labute approximate surface area is 182 Å². The van der Waals surface area contributed by atoms with Gasteiger partial charge in [0, 0.05) is 16.9 Å². The van der Waals surface area contributed by atoms with Crippen molar-refractivity contribution < 1.29 is 22.6 Å². The zero-order valence-electron chi connectivity index (χ0n) is 16.8. The van der Waals surface area contributed by atoms with E-state index >= 15 is 0 Å². The molecule has 0 saturated heterocycles. The van der Waals surface area contributed by atoms with Crippen LogP contribution in [0.4, 0.5) is 24.5 Å². The fourth-order valence-corrected chi connectivity index (χ4v) is 3.09. The number of hydrogen-bond acceptors (Lipinski definition) is 4. The molecule has 0 aliphatic rings. The van der Waals surface area contributed by atoms with Crippen LogP contribution in [-0.4, -0.2) is 0 Å². The summed E-state index contributed by atoms with van der Waals surface area (Å²) in [5.41, 5.74) is 12.6. The van der Waals surface area contributed by atoms with E-state index in [1.165, 1.54) is 6.07 Å². The van der Waals surface area contributed by atoms with E-state index in [0.29, 0.717) is 45.5 Å². The molecule has 4 rings (SSSR count). The van der Waals surface area contributed by atoms with E-state index in [1.54, 1.807) is 72.8 Å². The van der Waals surface area contributed by atoms with Gasteiger partial charge in [-0.25, -0.2) is 0 Å². The highest BCUT2D eigenvalue weighted by atomic mass is 19.4. The average Bonchev–Trinajstić information content (AvgIpc) is 2.77. The smallest absolute Gasteiger partial charge is 0.416 e. The van der Waals surface area contributed by atoms with Crippen molar-refractivity contribution in [3.05, 3.63) is 96.6 Å². The fraction of sp³-hybridized carbons (Fsp3) is 0.0400. The number of rotatable bonds is 5. The molecule has 0 heterocycles. The van der Waals surface area contributed by atoms with Gasteiger partial charge in [0.2, 0.25) is 0 Å². The number of anilines is 2. The normalized spacial score (nSPS) is 11.2. The van der Waals surface area contributed by atoms with Gasteiger partial charge in [-0.3, -0.25) is 0 Å². The minimum Gasteiger partial charge on any atom is -0.457 e. The van der Waals surface area contributed by atoms with Crippen LogP contribution in [0.2, 0.25) is 0 Å². The summed E-state index contributed by atoms with van der Waals surface area (Å²) in [5.74, 6) is 1.85. The summed E-state index contributed by atoms with van der Waals surface area (Å²) in [6.45, 7) is 0. The van der Waals surface area contributed by atoms with Gasteiger partial charge in [-0.1, -0.05) is 12.1 Å². The van der Waals surface area contributed by atoms with Crippen LogP contribution >= 0.6 is 0 Å². The first-order valence-electron chi connectivity index (χ1n) is 9.66. The highest BCUT2D eigenvalue weighted by molar-refractivity contribution is 5.73. The summed E-state index contributed by atoms with van der Waals surface area (Å²) in [4.78, 5) is 0. The first-order valence-corrected chi connectivity index (χ1v) is 9.66. The molecule has 4 N–H and O–H groups in total. The second-order valence-corrected chi connectivity index (χ2v) is 7.08. The lowest BCUT2D eigenvalue weighted by Crippen LogP contribution is -2.04. The van der Waals surface area contributed by atoms with Crippen molar-refractivity contribution >= 4 is 11.4 Å². The van der Waals surface area contributed by atoms with Gasteiger partial charge in [0.05, 0.1) is 5.56 Å². The lowest BCUT2D eigenvalue weighted by Gasteiger charge is -2.15. The van der Waals surface area contributed by atoms with Crippen molar-refractivity contribution in [2.75, 3.05) is 11.5 Å². The maximum atomic E-state index is 13.3. The predicted molar refractivity (Wildman–Crippen MR) is 119 cm³/mol. The van der Waals surface area contributed by atoms with Crippen molar-refractivity contribution in [3.63, 3.8) is 0 Å². The third kappa shape index (κ3) is 4.95. The number of halogens is 3. The summed E-state index contributed by atoms with van der Waals surface area (Å²) >= 11 is 0. The van der Waals surface area contributed by atoms with E-state index in [2.05, 4.69) is 0 Å². The van der Waals surface area contributed by atoms with E-state index < -0.39 is 11.7 Å². The molecule has 0 fully saturated rings. The minimum absolute atomic E-state index is 0.341. The first-order chi connectivity index (χ1) is 15.3. The Bertz CT molecular complexity index is 1220. The van der Waals surface area contributed by atoms with E-state index in [0.717, 1.165) is 12.1 Å². The van der Waals surface area contributed by atoms with Crippen molar-refractivity contribution in [2.24, 2.45) is 0 Å². The molecule has 0 aliphatic heterocycles. The number of hydrogen-bond donors (Lipinski definition) is 2. The van der Waals surface area contributed by atoms with Crippen molar-refractivity contribution in [2.45, 2.75) is 6.18 Å². The summed E-state index contributed by atoms with van der Waals surface area (Å²) in [6, 6.07) is 23.6. The second-order valence-electron chi connectivity index (χ2n) is 7.08. The Kier molecular flexibility index (Phi) is 5.64. The highest BCUT2D eigenvalue weighted by Gasteiger charge is 2.30. The van der Waals surface area contributed by atoms with Crippen LogP contribution in [0.3, 0.4) is 0 Å². The molecule has 0 saturated carbocycles. The minimum atomic E-state index is -4.47. The second kappa shape index (κ2) is 8.55.